The highest BCUT2D eigenvalue weighted by Gasteiger charge is 2.30. The van der Waals surface area contributed by atoms with Gasteiger partial charge in [0.15, 0.2) is 18.1 Å². The van der Waals surface area contributed by atoms with Crippen LogP contribution in [0.4, 0.5) is 0 Å². The summed E-state index contributed by atoms with van der Waals surface area (Å²) in [6, 6.07) is 13.5. The highest BCUT2D eigenvalue weighted by molar-refractivity contribution is 7.89. The summed E-state index contributed by atoms with van der Waals surface area (Å²) in [5.41, 5.74) is 0. The summed E-state index contributed by atoms with van der Waals surface area (Å²) in [4.78, 5) is 14.3. The zero-order valence-corrected chi connectivity index (χ0v) is 17.9. The molecule has 8 nitrogen and oxygen atoms in total. The van der Waals surface area contributed by atoms with Crippen LogP contribution in [0.25, 0.3) is 0 Å². The third-order valence-electron chi connectivity index (χ3n) is 4.79. The van der Waals surface area contributed by atoms with E-state index in [0.717, 1.165) is 0 Å². The number of benzene rings is 2. The molecule has 2 aromatic rings. The number of methoxy groups -OCH3 is 1. The molecule has 1 heterocycles. The molecule has 0 aliphatic carbocycles. The van der Waals surface area contributed by atoms with E-state index < -0.39 is 10.0 Å². The molecule has 0 radical (unpaired) electrons. The zero-order valence-electron chi connectivity index (χ0n) is 17.1. The predicted molar refractivity (Wildman–Crippen MR) is 111 cm³/mol. The van der Waals surface area contributed by atoms with Gasteiger partial charge in [0.2, 0.25) is 10.0 Å². The van der Waals surface area contributed by atoms with Crippen LogP contribution < -0.4 is 14.2 Å². The number of hydrogen-bond donors (Lipinski definition) is 0. The third kappa shape index (κ3) is 5.03. The fourth-order valence-corrected chi connectivity index (χ4v) is 4.57. The summed E-state index contributed by atoms with van der Waals surface area (Å²) in [5.74, 6) is 1.50. The second-order valence-electron chi connectivity index (χ2n) is 6.63. The number of nitrogens with zero attached hydrogens (tertiary/aromatic N) is 2. The van der Waals surface area contributed by atoms with Crippen LogP contribution >= 0.6 is 0 Å². The molecule has 1 amide bonds. The van der Waals surface area contributed by atoms with E-state index in [1.165, 1.54) is 23.5 Å². The Morgan fingerprint density at radius 2 is 1.53 bits per heavy atom. The Bertz CT molecular complexity index is 954. The summed E-state index contributed by atoms with van der Waals surface area (Å²) < 4.78 is 43.2. The van der Waals surface area contributed by atoms with Crippen LogP contribution in [0, 0.1) is 0 Å². The number of para-hydroxylation sites is 2. The standard InChI is InChI=1S/C21H26N2O6S/c1-3-28-19-6-4-5-7-20(19)29-16-21(24)22-12-14-23(15-13-22)30(25,26)18-10-8-17(27-2)9-11-18/h4-11H,3,12-16H2,1-2H3. The van der Waals surface area contributed by atoms with Gasteiger partial charge in [-0.05, 0) is 43.3 Å². The van der Waals surface area contributed by atoms with Gasteiger partial charge in [0.05, 0.1) is 18.6 Å². The Labute approximate surface area is 177 Å². The predicted octanol–water partition coefficient (Wildman–Crippen LogP) is 2.01. The molecule has 0 bridgehead atoms. The molecule has 0 unspecified atom stereocenters. The van der Waals surface area contributed by atoms with Crippen LogP contribution in [-0.2, 0) is 14.8 Å². The van der Waals surface area contributed by atoms with Crippen LogP contribution in [0.15, 0.2) is 53.4 Å². The van der Waals surface area contributed by atoms with Crippen LogP contribution in [-0.4, -0.2) is 70.0 Å². The number of hydrogen-bond acceptors (Lipinski definition) is 6. The van der Waals surface area contributed by atoms with Crippen molar-refractivity contribution in [3.05, 3.63) is 48.5 Å². The minimum absolute atomic E-state index is 0.130. The SMILES string of the molecule is CCOc1ccccc1OCC(=O)N1CCN(S(=O)(=O)c2ccc(OC)cc2)CC1. The molecule has 1 aliphatic rings. The third-order valence-corrected chi connectivity index (χ3v) is 6.70. The molecular formula is C21H26N2O6S. The van der Waals surface area contributed by atoms with Gasteiger partial charge >= 0.3 is 0 Å². The van der Waals surface area contributed by atoms with E-state index in [4.69, 9.17) is 14.2 Å². The van der Waals surface area contributed by atoms with E-state index in [0.29, 0.717) is 36.9 Å². The second kappa shape index (κ2) is 9.82. The number of amides is 1. The fraction of sp³-hybridized carbons (Fsp3) is 0.381. The molecule has 30 heavy (non-hydrogen) atoms. The van der Waals surface area contributed by atoms with Crippen molar-refractivity contribution in [1.29, 1.82) is 0 Å². The van der Waals surface area contributed by atoms with Crippen molar-refractivity contribution in [1.82, 2.24) is 9.21 Å². The minimum atomic E-state index is -3.61. The molecular weight excluding hydrogens is 408 g/mol. The van der Waals surface area contributed by atoms with Crippen molar-refractivity contribution in [2.24, 2.45) is 0 Å². The molecule has 1 aliphatic heterocycles. The Balaban J connectivity index is 1.55. The highest BCUT2D eigenvalue weighted by Crippen LogP contribution is 2.26. The van der Waals surface area contributed by atoms with Gasteiger partial charge < -0.3 is 19.1 Å². The van der Waals surface area contributed by atoms with Gasteiger partial charge in [0.1, 0.15) is 5.75 Å². The molecule has 0 N–H and O–H groups in total. The molecule has 0 spiro atoms. The first-order valence-corrected chi connectivity index (χ1v) is 11.2. The largest absolute Gasteiger partial charge is 0.497 e. The van der Waals surface area contributed by atoms with Crippen molar-refractivity contribution < 1.29 is 27.4 Å². The van der Waals surface area contributed by atoms with Crippen molar-refractivity contribution >= 4 is 15.9 Å². The van der Waals surface area contributed by atoms with E-state index in [1.807, 2.05) is 19.1 Å². The maximum absolute atomic E-state index is 12.8. The van der Waals surface area contributed by atoms with Gasteiger partial charge in [0, 0.05) is 26.2 Å². The first-order chi connectivity index (χ1) is 14.5. The number of rotatable bonds is 8. The van der Waals surface area contributed by atoms with Gasteiger partial charge in [-0.25, -0.2) is 8.42 Å². The molecule has 1 saturated heterocycles. The number of carbonyl (C=O) groups excluding carboxylic acids is 1. The summed E-state index contributed by atoms with van der Waals surface area (Å²) in [7, 11) is -2.08. The monoisotopic (exact) mass is 434 g/mol. The maximum atomic E-state index is 12.8. The van der Waals surface area contributed by atoms with Crippen LogP contribution in [0.5, 0.6) is 17.2 Å². The first-order valence-electron chi connectivity index (χ1n) is 9.72. The topological polar surface area (TPSA) is 85.4 Å². The summed E-state index contributed by atoms with van der Waals surface area (Å²) >= 11 is 0. The summed E-state index contributed by atoms with van der Waals surface area (Å²) in [5, 5.41) is 0. The van der Waals surface area contributed by atoms with Gasteiger partial charge in [-0.1, -0.05) is 12.1 Å². The number of carbonyl (C=O) groups is 1. The molecule has 0 saturated carbocycles. The van der Waals surface area contributed by atoms with Crippen molar-refractivity contribution in [2.75, 3.05) is 46.5 Å². The van der Waals surface area contributed by atoms with Crippen LogP contribution in [0.1, 0.15) is 6.92 Å². The van der Waals surface area contributed by atoms with Crippen molar-refractivity contribution in [3.8, 4) is 17.2 Å². The summed E-state index contributed by atoms with van der Waals surface area (Å²) in [6.07, 6.45) is 0. The van der Waals surface area contributed by atoms with Gasteiger partial charge in [-0.2, -0.15) is 4.31 Å². The lowest BCUT2D eigenvalue weighted by Gasteiger charge is -2.34. The lowest BCUT2D eigenvalue weighted by atomic mass is 10.3. The molecule has 1 fully saturated rings. The van der Waals surface area contributed by atoms with E-state index in [1.54, 1.807) is 29.2 Å². The Morgan fingerprint density at radius 1 is 0.933 bits per heavy atom. The van der Waals surface area contributed by atoms with Gasteiger partial charge in [-0.3, -0.25) is 4.79 Å². The lowest BCUT2D eigenvalue weighted by Crippen LogP contribution is -2.51. The maximum Gasteiger partial charge on any atom is 0.260 e. The lowest BCUT2D eigenvalue weighted by molar-refractivity contribution is -0.134. The van der Waals surface area contributed by atoms with Gasteiger partial charge in [-0.15, -0.1) is 0 Å². The number of sulfonamides is 1. The highest BCUT2D eigenvalue weighted by atomic mass is 32.2. The van der Waals surface area contributed by atoms with E-state index in [9.17, 15) is 13.2 Å². The molecule has 2 aromatic carbocycles. The molecule has 3 rings (SSSR count). The molecule has 0 atom stereocenters. The normalized spacial score (nSPS) is 14.9. The Morgan fingerprint density at radius 3 is 2.10 bits per heavy atom. The average molecular weight is 435 g/mol. The minimum Gasteiger partial charge on any atom is -0.497 e. The van der Waals surface area contributed by atoms with Crippen molar-refractivity contribution in [3.63, 3.8) is 0 Å². The van der Waals surface area contributed by atoms with Crippen LogP contribution in [0.2, 0.25) is 0 Å². The molecule has 0 aromatic heterocycles. The molecule has 162 valence electrons. The van der Waals surface area contributed by atoms with E-state index in [-0.39, 0.29) is 30.5 Å². The number of ether oxygens (including phenoxy) is 3. The van der Waals surface area contributed by atoms with Crippen LogP contribution in [0.3, 0.4) is 0 Å². The smallest absolute Gasteiger partial charge is 0.260 e. The van der Waals surface area contributed by atoms with E-state index >= 15 is 0 Å². The van der Waals surface area contributed by atoms with E-state index in [2.05, 4.69) is 0 Å². The Kier molecular flexibility index (Phi) is 7.17. The summed E-state index contributed by atoms with van der Waals surface area (Å²) in [6.45, 7) is 3.33. The molecule has 9 heteroatoms. The second-order valence-corrected chi connectivity index (χ2v) is 8.57. The van der Waals surface area contributed by atoms with Crippen molar-refractivity contribution in [2.45, 2.75) is 11.8 Å². The quantitative estimate of drug-likeness (QED) is 0.632. The first kappa shape index (κ1) is 21.9. The Hall–Kier alpha value is -2.78. The zero-order chi connectivity index (χ0) is 21.6. The number of piperazine rings is 1. The average Bonchev–Trinajstić information content (AvgIpc) is 2.78. The fourth-order valence-electron chi connectivity index (χ4n) is 3.15. The van der Waals surface area contributed by atoms with Gasteiger partial charge in [0.25, 0.3) is 5.91 Å².